The summed E-state index contributed by atoms with van der Waals surface area (Å²) in [4.78, 5) is 31.8. The minimum absolute atomic E-state index is 0.0290. The molecule has 1 aromatic heterocycles. The van der Waals surface area contributed by atoms with Crippen molar-refractivity contribution in [3.8, 4) is 11.5 Å². The summed E-state index contributed by atoms with van der Waals surface area (Å²) in [6, 6.07) is 16.8. The SMILES string of the molecule is CCOc1ccc([C@@H]2C(=C(O)c3cccc(OC)c3)C(=O)C(=O)N2Cc2cccnc2)cc1. The highest BCUT2D eigenvalue weighted by Gasteiger charge is 2.46. The molecule has 1 atom stereocenters. The molecule has 1 N–H and O–H groups in total. The van der Waals surface area contributed by atoms with E-state index in [4.69, 9.17) is 9.47 Å². The summed E-state index contributed by atoms with van der Waals surface area (Å²) in [6.45, 7) is 2.59. The standard InChI is InChI=1S/C26H24N2O5/c1-3-33-20-11-9-18(10-12-20)23-22(24(29)19-7-4-8-21(14-19)32-2)25(30)26(31)28(23)16-17-6-5-13-27-15-17/h4-15,23,29H,3,16H2,1-2H3/t23-/m1/s1. The lowest BCUT2D eigenvalue weighted by atomic mass is 9.95. The Morgan fingerprint density at radius 2 is 1.85 bits per heavy atom. The summed E-state index contributed by atoms with van der Waals surface area (Å²) >= 11 is 0. The molecule has 1 saturated heterocycles. The number of aliphatic hydroxyl groups excluding tert-OH is 1. The molecule has 1 aliphatic heterocycles. The van der Waals surface area contributed by atoms with Crippen LogP contribution in [-0.4, -0.2) is 40.4 Å². The number of hydrogen-bond donors (Lipinski definition) is 1. The Morgan fingerprint density at radius 1 is 1.06 bits per heavy atom. The van der Waals surface area contributed by atoms with Gasteiger partial charge in [-0.05, 0) is 48.4 Å². The van der Waals surface area contributed by atoms with Crippen molar-refractivity contribution in [1.29, 1.82) is 0 Å². The molecule has 0 radical (unpaired) electrons. The number of carbonyl (C=O) groups is 2. The molecule has 0 saturated carbocycles. The zero-order valence-electron chi connectivity index (χ0n) is 18.4. The Balaban J connectivity index is 1.84. The van der Waals surface area contributed by atoms with Gasteiger partial charge in [0.2, 0.25) is 0 Å². The number of rotatable bonds is 7. The van der Waals surface area contributed by atoms with Crippen LogP contribution in [0.1, 0.15) is 29.7 Å². The van der Waals surface area contributed by atoms with E-state index in [0.29, 0.717) is 29.2 Å². The van der Waals surface area contributed by atoms with E-state index in [2.05, 4.69) is 4.98 Å². The normalized spacial score (nSPS) is 17.3. The second-order valence-corrected chi connectivity index (χ2v) is 7.52. The van der Waals surface area contributed by atoms with Crippen LogP contribution in [0.4, 0.5) is 0 Å². The number of pyridine rings is 1. The molecule has 33 heavy (non-hydrogen) atoms. The third-order valence-corrected chi connectivity index (χ3v) is 5.47. The lowest BCUT2D eigenvalue weighted by molar-refractivity contribution is -0.140. The van der Waals surface area contributed by atoms with E-state index in [0.717, 1.165) is 5.56 Å². The zero-order valence-corrected chi connectivity index (χ0v) is 18.4. The quantitative estimate of drug-likeness (QED) is 0.335. The molecular formula is C26H24N2O5. The molecule has 7 nitrogen and oxygen atoms in total. The number of aliphatic hydroxyl groups is 1. The third-order valence-electron chi connectivity index (χ3n) is 5.47. The van der Waals surface area contributed by atoms with Gasteiger partial charge in [-0.15, -0.1) is 0 Å². The van der Waals surface area contributed by atoms with Gasteiger partial charge in [0.25, 0.3) is 11.7 Å². The second-order valence-electron chi connectivity index (χ2n) is 7.52. The molecule has 0 spiro atoms. The van der Waals surface area contributed by atoms with Gasteiger partial charge in [0.15, 0.2) is 0 Å². The molecule has 1 fully saturated rings. The van der Waals surface area contributed by atoms with Crippen molar-refractivity contribution in [2.45, 2.75) is 19.5 Å². The fourth-order valence-corrected chi connectivity index (χ4v) is 3.92. The van der Waals surface area contributed by atoms with E-state index in [1.54, 1.807) is 67.0 Å². The second kappa shape index (κ2) is 9.56. The first-order valence-electron chi connectivity index (χ1n) is 10.6. The predicted molar refractivity (Wildman–Crippen MR) is 123 cm³/mol. The Bertz CT molecular complexity index is 1190. The van der Waals surface area contributed by atoms with E-state index in [1.807, 2.05) is 13.0 Å². The number of amides is 1. The van der Waals surface area contributed by atoms with Crippen molar-refractivity contribution >= 4 is 17.4 Å². The average molecular weight is 444 g/mol. The Morgan fingerprint density at radius 3 is 2.52 bits per heavy atom. The van der Waals surface area contributed by atoms with Crippen LogP contribution >= 0.6 is 0 Å². The van der Waals surface area contributed by atoms with Crippen LogP contribution in [0.25, 0.3) is 5.76 Å². The lowest BCUT2D eigenvalue weighted by Gasteiger charge is -2.25. The van der Waals surface area contributed by atoms with Crippen LogP contribution in [0.2, 0.25) is 0 Å². The first-order valence-corrected chi connectivity index (χ1v) is 10.6. The van der Waals surface area contributed by atoms with Crippen LogP contribution in [0.5, 0.6) is 11.5 Å². The third kappa shape index (κ3) is 4.43. The van der Waals surface area contributed by atoms with Gasteiger partial charge >= 0.3 is 0 Å². The van der Waals surface area contributed by atoms with Gasteiger partial charge in [0, 0.05) is 24.5 Å². The minimum Gasteiger partial charge on any atom is -0.507 e. The molecule has 7 heteroatoms. The van der Waals surface area contributed by atoms with Crippen LogP contribution in [0.15, 0.2) is 78.6 Å². The molecule has 2 aromatic carbocycles. The van der Waals surface area contributed by atoms with E-state index >= 15 is 0 Å². The van der Waals surface area contributed by atoms with Crippen molar-refractivity contribution < 1.29 is 24.2 Å². The number of aromatic nitrogens is 1. The number of nitrogens with zero attached hydrogens (tertiary/aromatic N) is 2. The highest BCUT2D eigenvalue weighted by Crippen LogP contribution is 2.41. The molecule has 1 aliphatic rings. The largest absolute Gasteiger partial charge is 0.507 e. The number of ketones is 1. The van der Waals surface area contributed by atoms with Crippen LogP contribution in [-0.2, 0) is 16.1 Å². The summed E-state index contributed by atoms with van der Waals surface area (Å²) in [5.74, 6) is -0.459. The van der Waals surface area contributed by atoms with E-state index in [1.165, 1.54) is 12.0 Å². The summed E-state index contributed by atoms with van der Waals surface area (Å²) in [5.41, 5.74) is 1.88. The van der Waals surface area contributed by atoms with Crippen LogP contribution in [0.3, 0.4) is 0 Å². The molecule has 3 aromatic rings. The summed E-state index contributed by atoms with van der Waals surface area (Å²) < 4.78 is 10.8. The number of ether oxygens (including phenoxy) is 2. The molecule has 1 amide bonds. The highest BCUT2D eigenvalue weighted by atomic mass is 16.5. The van der Waals surface area contributed by atoms with E-state index in [-0.39, 0.29) is 17.9 Å². The fourth-order valence-electron chi connectivity index (χ4n) is 3.92. The van der Waals surface area contributed by atoms with Gasteiger partial charge < -0.3 is 19.5 Å². The number of carbonyl (C=O) groups excluding carboxylic acids is 2. The molecule has 0 unspecified atom stereocenters. The number of benzene rings is 2. The predicted octanol–water partition coefficient (Wildman–Crippen LogP) is 4.11. The number of methoxy groups -OCH3 is 1. The van der Waals surface area contributed by atoms with Gasteiger partial charge in [-0.25, -0.2) is 0 Å². The first-order chi connectivity index (χ1) is 16.0. The maximum absolute atomic E-state index is 13.1. The molecule has 2 heterocycles. The minimum atomic E-state index is -0.771. The van der Waals surface area contributed by atoms with E-state index in [9.17, 15) is 14.7 Å². The van der Waals surface area contributed by atoms with Gasteiger partial charge in [0.1, 0.15) is 17.3 Å². The highest BCUT2D eigenvalue weighted by molar-refractivity contribution is 6.46. The molecule has 0 aliphatic carbocycles. The molecule has 4 rings (SSSR count). The van der Waals surface area contributed by atoms with Crippen LogP contribution < -0.4 is 9.47 Å². The Hall–Kier alpha value is -4.13. The monoisotopic (exact) mass is 444 g/mol. The van der Waals surface area contributed by atoms with Gasteiger partial charge in [-0.1, -0.05) is 30.3 Å². The van der Waals surface area contributed by atoms with Crippen molar-refractivity contribution in [2.75, 3.05) is 13.7 Å². The number of likely N-dealkylation sites (tertiary alicyclic amines) is 1. The topological polar surface area (TPSA) is 89.0 Å². The van der Waals surface area contributed by atoms with Crippen molar-refractivity contribution in [3.05, 3.63) is 95.3 Å². The van der Waals surface area contributed by atoms with Crippen molar-refractivity contribution in [2.24, 2.45) is 0 Å². The van der Waals surface area contributed by atoms with Gasteiger partial charge in [0.05, 0.1) is 25.3 Å². The van der Waals surface area contributed by atoms with Crippen LogP contribution in [0, 0.1) is 0 Å². The van der Waals surface area contributed by atoms with Crippen molar-refractivity contribution in [1.82, 2.24) is 9.88 Å². The van der Waals surface area contributed by atoms with Crippen molar-refractivity contribution in [3.63, 3.8) is 0 Å². The maximum Gasteiger partial charge on any atom is 0.295 e. The number of Topliss-reactive ketones (excluding diaryl/α,β-unsaturated/α-hetero) is 1. The Labute approximate surface area is 191 Å². The molecule has 168 valence electrons. The molecule has 0 bridgehead atoms. The van der Waals surface area contributed by atoms with Gasteiger partial charge in [-0.3, -0.25) is 14.6 Å². The summed E-state index contributed by atoms with van der Waals surface area (Å²) in [6.07, 6.45) is 3.29. The summed E-state index contributed by atoms with van der Waals surface area (Å²) in [7, 11) is 1.52. The summed E-state index contributed by atoms with van der Waals surface area (Å²) in [5, 5.41) is 11.2. The first kappa shape index (κ1) is 22.1. The smallest absolute Gasteiger partial charge is 0.295 e. The lowest BCUT2D eigenvalue weighted by Crippen LogP contribution is -2.29. The van der Waals surface area contributed by atoms with E-state index < -0.39 is 17.7 Å². The number of hydrogen-bond acceptors (Lipinski definition) is 6. The van der Waals surface area contributed by atoms with Gasteiger partial charge in [-0.2, -0.15) is 0 Å². The Kier molecular flexibility index (Phi) is 6.40. The maximum atomic E-state index is 13.1. The fraction of sp³-hybridized carbons (Fsp3) is 0.192. The average Bonchev–Trinajstić information content (AvgIpc) is 3.10. The molecular weight excluding hydrogens is 420 g/mol. The zero-order chi connectivity index (χ0) is 23.4.